The molecular weight excluding hydrogens is 288 g/mol. The average Bonchev–Trinajstić information content (AvgIpc) is 2.24. The van der Waals surface area contributed by atoms with Gasteiger partial charge in [0.1, 0.15) is 0 Å². The monoisotopic (exact) mass is 291 g/mol. The zero-order valence-corrected chi connectivity index (χ0v) is 10.9. The fourth-order valence-electron chi connectivity index (χ4n) is 1.31. The number of rotatable bonds is 1. The van der Waals surface area contributed by atoms with E-state index in [0.717, 1.165) is 0 Å². The molecule has 16 heavy (non-hydrogen) atoms. The molecular formula is C11H5Cl4N. The third-order valence-electron chi connectivity index (χ3n) is 2.01. The summed E-state index contributed by atoms with van der Waals surface area (Å²) >= 11 is 24.0. The van der Waals surface area contributed by atoms with Crippen LogP contribution in [0.3, 0.4) is 0 Å². The third kappa shape index (κ3) is 2.28. The van der Waals surface area contributed by atoms with Gasteiger partial charge >= 0.3 is 0 Å². The van der Waals surface area contributed by atoms with Crippen molar-refractivity contribution in [2.45, 2.75) is 0 Å². The second-order valence-corrected chi connectivity index (χ2v) is 4.71. The Morgan fingerprint density at radius 2 is 1.69 bits per heavy atom. The molecule has 5 heteroatoms. The van der Waals surface area contributed by atoms with Gasteiger partial charge in [0, 0.05) is 16.8 Å². The SMILES string of the molecule is Clc1cc(Cl)c(Cl)c(-c2ncccc2Cl)c1. The zero-order chi connectivity index (χ0) is 11.7. The second-order valence-electron chi connectivity index (χ2n) is 3.08. The minimum Gasteiger partial charge on any atom is -0.255 e. The van der Waals surface area contributed by atoms with E-state index in [-0.39, 0.29) is 0 Å². The number of hydrogen-bond acceptors (Lipinski definition) is 1. The van der Waals surface area contributed by atoms with Crippen molar-refractivity contribution in [1.82, 2.24) is 4.98 Å². The Hall–Kier alpha value is -0.470. The van der Waals surface area contributed by atoms with Crippen molar-refractivity contribution in [2.24, 2.45) is 0 Å². The van der Waals surface area contributed by atoms with Crippen LogP contribution < -0.4 is 0 Å². The number of benzene rings is 1. The van der Waals surface area contributed by atoms with E-state index in [1.54, 1.807) is 30.5 Å². The number of hydrogen-bond donors (Lipinski definition) is 0. The molecule has 1 aromatic carbocycles. The van der Waals surface area contributed by atoms with Gasteiger partial charge in [-0.15, -0.1) is 0 Å². The molecule has 1 aromatic heterocycles. The highest BCUT2D eigenvalue weighted by molar-refractivity contribution is 6.45. The standard InChI is InChI=1S/C11H5Cl4N/c12-6-4-7(10(15)9(14)5-6)11-8(13)2-1-3-16-11/h1-5H. The van der Waals surface area contributed by atoms with Gasteiger partial charge in [0.2, 0.25) is 0 Å². The predicted octanol–water partition coefficient (Wildman–Crippen LogP) is 5.36. The highest BCUT2D eigenvalue weighted by atomic mass is 35.5. The number of halogens is 4. The van der Waals surface area contributed by atoms with E-state index in [0.29, 0.717) is 31.3 Å². The molecule has 1 nitrogen and oxygen atoms in total. The van der Waals surface area contributed by atoms with Crippen molar-refractivity contribution in [2.75, 3.05) is 0 Å². The van der Waals surface area contributed by atoms with E-state index in [4.69, 9.17) is 46.4 Å². The van der Waals surface area contributed by atoms with Gasteiger partial charge in [-0.1, -0.05) is 46.4 Å². The molecule has 2 rings (SSSR count). The van der Waals surface area contributed by atoms with Crippen LogP contribution in [-0.4, -0.2) is 4.98 Å². The van der Waals surface area contributed by atoms with E-state index in [2.05, 4.69) is 4.98 Å². The summed E-state index contributed by atoms with van der Waals surface area (Å²) in [6.45, 7) is 0. The number of pyridine rings is 1. The van der Waals surface area contributed by atoms with Crippen molar-refractivity contribution >= 4 is 46.4 Å². The Morgan fingerprint density at radius 3 is 2.38 bits per heavy atom. The molecule has 0 unspecified atom stereocenters. The van der Waals surface area contributed by atoms with Crippen LogP contribution in [0.1, 0.15) is 0 Å². The molecule has 0 saturated heterocycles. The Kier molecular flexibility index (Phi) is 3.60. The second kappa shape index (κ2) is 4.80. The van der Waals surface area contributed by atoms with Gasteiger partial charge in [-0.3, -0.25) is 4.98 Å². The molecule has 82 valence electrons. The molecule has 0 aliphatic carbocycles. The first-order valence-electron chi connectivity index (χ1n) is 4.35. The molecule has 0 fully saturated rings. The normalized spacial score (nSPS) is 10.5. The van der Waals surface area contributed by atoms with Gasteiger partial charge in [-0.05, 0) is 24.3 Å². The van der Waals surface area contributed by atoms with Crippen LogP contribution in [0, 0.1) is 0 Å². The fraction of sp³-hybridized carbons (Fsp3) is 0. The molecule has 0 aliphatic rings. The first-order valence-corrected chi connectivity index (χ1v) is 5.86. The van der Waals surface area contributed by atoms with Gasteiger partial charge in [-0.25, -0.2) is 0 Å². The van der Waals surface area contributed by atoms with E-state index >= 15 is 0 Å². The van der Waals surface area contributed by atoms with Crippen molar-refractivity contribution < 1.29 is 0 Å². The van der Waals surface area contributed by atoms with E-state index in [9.17, 15) is 0 Å². The van der Waals surface area contributed by atoms with Crippen molar-refractivity contribution in [3.05, 3.63) is 50.6 Å². The molecule has 2 aromatic rings. The summed E-state index contributed by atoms with van der Waals surface area (Å²) in [5.41, 5.74) is 1.20. The third-order valence-corrected chi connectivity index (χ3v) is 3.33. The lowest BCUT2D eigenvalue weighted by Crippen LogP contribution is -1.86. The van der Waals surface area contributed by atoms with Crippen LogP contribution >= 0.6 is 46.4 Å². The summed E-state index contributed by atoms with van der Waals surface area (Å²) in [6.07, 6.45) is 1.63. The lowest BCUT2D eigenvalue weighted by molar-refractivity contribution is 1.33. The van der Waals surface area contributed by atoms with E-state index in [1.807, 2.05) is 0 Å². The average molecular weight is 293 g/mol. The topological polar surface area (TPSA) is 12.9 Å². The smallest absolute Gasteiger partial charge is 0.0904 e. The fourth-order valence-corrected chi connectivity index (χ4v) is 2.23. The number of nitrogens with zero attached hydrogens (tertiary/aromatic N) is 1. The summed E-state index contributed by atoms with van der Waals surface area (Å²) in [5.74, 6) is 0. The van der Waals surface area contributed by atoms with E-state index < -0.39 is 0 Å². The van der Waals surface area contributed by atoms with Gasteiger partial charge in [-0.2, -0.15) is 0 Å². The molecule has 0 aliphatic heterocycles. The Labute approximate surface area is 113 Å². The predicted molar refractivity (Wildman–Crippen MR) is 69.7 cm³/mol. The maximum atomic E-state index is 6.08. The highest BCUT2D eigenvalue weighted by Gasteiger charge is 2.12. The van der Waals surface area contributed by atoms with Crippen LogP contribution in [0.15, 0.2) is 30.5 Å². The molecule has 0 bridgehead atoms. The summed E-state index contributed by atoms with van der Waals surface area (Å²) in [6, 6.07) is 6.73. The van der Waals surface area contributed by atoms with Gasteiger partial charge in [0.25, 0.3) is 0 Å². The molecule has 0 atom stereocenters. The molecule has 0 spiro atoms. The van der Waals surface area contributed by atoms with Crippen LogP contribution in [-0.2, 0) is 0 Å². The zero-order valence-electron chi connectivity index (χ0n) is 7.85. The first kappa shape index (κ1) is 12.0. The Balaban J connectivity index is 2.69. The minimum atomic E-state index is 0.380. The molecule has 0 N–H and O–H groups in total. The van der Waals surface area contributed by atoms with Gasteiger partial charge < -0.3 is 0 Å². The Bertz CT molecular complexity index is 540. The molecule has 1 heterocycles. The van der Waals surface area contributed by atoms with Crippen molar-refractivity contribution in [3.8, 4) is 11.3 Å². The minimum absolute atomic E-state index is 0.380. The van der Waals surface area contributed by atoms with Crippen LogP contribution in [0.5, 0.6) is 0 Å². The van der Waals surface area contributed by atoms with Crippen molar-refractivity contribution in [1.29, 1.82) is 0 Å². The quantitative estimate of drug-likeness (QED) is 0.645. The van der Waals surface area contributed by atoms with E-state index in [1.165, 1.54) is 0 Å². The van der Waals surface area contributed by atoms with Crippen LogP contribution in [0.25, 0.3) is 11.3 Å². The number of aromatic nitrogens is 1. The maximum Gasteiger partial charge on any atom is 0.0904 e. The van der Waals surface area contributed by atoms with Crippen LogP contribution in [0.4, 0.5) is 0 Å². The summed E-state index contributed by atoms with van der Waals surface area (Å²) in [5, 5.41) is 1.77. The molecule has 0 saturated carbocycles. The van der Waals surface area contributed by atoms with Crippen LogP contribution in [0.2, 0.25) is 20.1 Å². The molecule has 0 amide bonds. The largest absolute Gasteiger partial charge is 0.255 e. The summed E-state index contributed by atoms with van der Waals surface area (Å²) in [7, 11) is 0. The van der Waals surface area contributed by atoms with Crippen molar-refractivity contribution in [3.63, 3.8) is 0 Å². The Morgan fingerprint density at radius 1 is 0.938 bits per heavy atom. The lowest BCUT2D eigenvalue weighted by atomic mass is 10.1. The molecule has 0 radical (unpaired) electrons. The summed E-state index contributed by atoms with van der Waals surface area (Å²) in [4.78, 5) is 4.16. The highest BCUT2D eigenvalue weighted by Crippen LogP contribution is 2.37. The first-order chi connectivity index (χ1) is 7.59. The maximum absolute atomic E-state index is 6.08. The van der Waals surface area contributed by atoms with Gasteiger partial charge in [0.15, 0.2) is 0 Å². The van der Waals surface area contributed by atoms with Gasteiger partial charge in [0.05, 0.1) is 20.8 Å². The lowest BCUT2D eigenvalue weighted by Gasteiger charge is -2.07. The summed E-state index contributed by atoms with van der Waals surface area (Å²) < 4.78 is 0.